The minimum absolute atomic E-state index is 0.00175. The number of nitrogens with one attached hydrogen (secondary N) is 1. The third-order valence-corrected chi connectivity index (χ3v) is 4.01. The van der Waals surface area contributed by atoms with Crippen molar-refractivity contribution in [3.8, 4) is 5.75 Å². The van der Waals surface area contributed by atoms with E-state index in [9.17, 15) is 4.79 Å². The van der Waals surface area contributed by atoms with Crippen molar-refractivity contribution in [1.82, 2.24) is 5.32 Å². The van der Waals surface area contributed by atoms with Crippen molar-refractivity contribution >= 4 is 29.1 Å². The van der Waals surface area contributed by atoms with Crippen molar-refractivity contribution in [3.63, 3.8) is 0 Å². The van der Waals surface area contributed by atoms with Gasteiger partial charge >= 0.3 is 0 Å². The minimum atomic E-state index is 0.00175. The van der Waals surface area contributed by atoms with Crippen LogP contribution in [0.25, 0.3) is 0 Å². The fraction of sp³-hybridized carbons (Fsp3) is 0.235. The maximum absolute atomic E-state index is 11.9. The average molecular weight is 338 g/mol. The number of hydrogen-bond acceptors (Lipinski definition) is 2. The van der Waals surface area contributed by atoms with Crippen LogP contribution in [0, 0.1) is 0 Å². The minimum Gasteiger partial charge on any atom is -0.497 e. The van der Waals surface area contributed by atoms with Crippen LogP contribution in [0.15, 0.2) is 42.5 Å². The predicted octanol–water partition coefficient (Wildman–Crippen LogP) is 4.25. The molecular formula is C17H17Cl2NO2. The van der Waals surface area contributed by atoms with Crippen LogP contribution < -0.4 is 10.1 Å². The van der Waals surface area contributed by atoms with Crippen molar-refractivity contribution in [1.29, 1.82) is 0 Å². The second-order valence-corrected chi connectivity index (χ2v) is 5.69. The number of ether oxygens (including phenoxy) is 1. The van der Waals surface area contributed by atoms with E-state index in [1.807, 2.05) is 30.3 Å². The van der Waals surface area contributed by atoms with Gasteiger partial charge in [0.2, 0.25) is 5.91 Å². The molecule has 116 valence electrons. The van der Waals surface area contributed by atoms with E-state index in [-0.39, 0.29) is 5.91 Å². The van der Waals surface area contributed by atoms with Crippen LogP contribution in [0.5, 0.6) is 5.75 Å². The Morgan fingerprint density at radius 2 is 1.73 bits per heavy atom. The zero-order valence-corrected chi connectivity index (χ0v) is 13.7. The van der Waals surface area contributed by atoms with E-state index in [2.05, 4.69) is 5.32 Å². The number of carbonyl (C=O) groups is 1. The molecule has 5 heteroatoms. The maximum atomic E-state index is 11.9. The molecule has 0 aliphatic carbocycles. The number of benzene rings is 2. The van der Waals surface area contributed by atoms with Crippen LogP contribution in [0.3, 0.4) is 0 Å². The van der Waals surface area contributed by atoms with Crippen molar-refractivity contribution in [2.24, 2.45) is 0 Å². The van der Waals surface area contributed by atoms with Gasteiger partial charge in [0.25, 0.3) is 0 Å². The highest BCUT2D eigenvalue weighted by molar-refractivity contribution is 6.42. The first-order chi connectivity index (χ1) is 10.6. The van der Waals surface area contributed by atoms with Crippen molar-refractivity contribution in [3.05, 3.63) is 63.6 Å². The molecule has 0 radical (unpaired) electrons. The molecule has 0 bridgehead atoms. The van der Waals surface area contributed by atoms with Crippen LogP contribution in [0.2, 0.25) is 10.0 Å². The molecule has 0 fully saturated rings. The van der Waals surface area contributed by atoms with Crippen LogP contribution >= 0.6 is 23.2 Å². The van der Waals surface area contributed by atoms with Crippen molar-refractivity contribution < 1.29 is 9.53 Å². The highest BCUT2D eigenvalue weighted by Crippen LogP contribution is 2.23. The largest absolute Gasteiger partial charge is 0.497 e. The first kappa shape index (κ1) is 16.7. The lowest BCUT2D eigenvalue weighted by atomic mass is 10.1. The number of amides is 1. The highest BCUT2D eigenvalue weighted by atomic mass is 35.5. The number of rotatable bonds is 6. The number of halogens is 2. The van der Waals surface area contributed by atoms with Crippen LogP contribution in [-0.4, -0.2) is 13.0 Å². The molecule has 2 aromatic rings. The maximum Gasteiger partial charge on any atom is 0.220 e. The van der Waals surface area contributed by atoms with Gasteiger partial charge in [-0.1, -0.05) is 41.4 Å². The van der Waals surface area contributed by atoms with Crippen LogP contribution in [0.4, 0.5) is 0 Å². The second-order valence-electron chi connectivity index (χ2n) is 4.87. The van der Waals surface area contributed by atoms with Gasteiger partial charge in [-0.2, -0.15) is 0 Å². The Hall–Kier alpha value is -1.71. The monoisotopic (exact) mass is 337 g/mol. The fourth-order valence-corrected chi connectivity index (χ4v) is 2.31. The first-order valence-corrected chi connectivity index (χ1v) is 7.67. The topological polar surface area (TPSA) is 38.3 Å². The van der Waals surface area contributed by atoms with Gasteiger partial charge < -0.3 is 10.1 Å². The molecule has 0 aliphatic heterocycles. The SMILES string of the molecule is COc1ccc(CNC(=O)CCc2ccc(Cl)c(Cl)c2)cc1. The van der Waals surface area contributed by atoms with Gasteiger partial charge in [0.1, 0.15) is 5.75 Å². The molecule has 0 unspecified atom stereocenters. The summed E-state index contributed by atoms with van der Waals surface area (Å²) in [5, 5.41) is 3.93. The van der Waals surface area contributed by atoms with Gasteiger partial charge in [0.05, 0.1) is 17.2 Å². The summed E-state index contributed by atoms with van der Waals surface area (Å²) in [6, 6.07) is 13.0. The molecule has 1 N–H and O–H groups in total. The molecular weight excluding hydrogens is 321 g/mol. The lowest BCUT2D eigenvalue weighted by molar-refractivity contribution is -0.121. The Morgan fingerprint density at radius 3 is 2.36 bits per heavy atom. The van der Waals surface area contributed by atoms with E-state index in [4.69, 9.17) is 27.9 Å². The number of carbonyl (C=O) groups excluding carboxylic acids is 1. The van der Waals surface area contributed by atoms with Crippen LogP contribution in [-0.2, 0) is 17.8 Å². The molecule has 0 aliphatic rings. The van der Waals surface area contributed by atoms with E-state index in [0.29, 0.717) is 29.4 Å². The van der Waals surface area contributed by atoms with Gasteiger partial charge in [0.15, 0.2) is 0 Å². The molecule has 0 heterocycles. The van der Waals surface area contributed by atoms with E-state index in [0.717, 1.165) is 16.9 Å². The lowest BCUT2D eigenvalue weighted by Gasteiger charge is -2.07. The fourth-order valence-electron chi connectivity index (χ4n) is 1.99. The molecule has 0 atom stereocenters. The molecule has 1 amide bonds. The predicted molar refractivity (Wildman–Crippen MR) is 89.6 cm³/mol. The van der Waals surface area contributed by atoms with Gasteiger partial charge in [-0.05, 0) is 41.8 Å². The zero-order chi connectivity index (χ0) is 15.9. The summed E-state index contributed by atoms with van der Waals surface area (Å²) in [7, 11) is 1.62. The highest BCUT2D eigenvalue weighted by Gasteiger charge is 2.04. The Morgan fingerprint density at radius 1 is 1.05 bits per heavy atom. The molecule has 2 rings (SSSR count). The quantitative estimate of drug-likeness (QED) is 0.855. The molecule has 3 nitrogen and oxygen atoms in total. The Balaban J connectivity index is 1.78. The van der Waals surface area contributed by atoms with Crippen molar-refractivity contribution in [2.75, 3.05) is 7.11 Å². The smallest absolute Gasteiger partial charge is 0.220 e. The third-order valence-electron chi connectivity index (χ3n) is 3.27. The average Bonchev–Trinajstić information content (AvgIpc) is 2.54. The number of methoxy groups -OCH3 is 1. The standard InChI is InChI=1S/C17H17Cl2NO2/c1-22-14-6-2-13(3-7-14)11-20-17(21)9-5-12-4-8-15(18)16(19)10-12/h2-4,6-8,10H,5,9,11H2,1H3,(H,20,21). The van der Waals surface area contributed by atoms with Gasteiger partial charge in [-0.15, -0.1) is 0 Å². The summed E-state index contributed by atoms with van der Waals surface area (Å²) in [4.78, 5) is 11.9. The number of hydrogen-bond donors (Lipinski definition) is 1. The van der Waals surface area contributed by atoms with E-state index < -0.39 is 0 Å². The molecule has 0 aromatic heterocycles. The van der Waals surface area contributed by atoms with Crippen molar-refractivity contribution in [2.45, 2.75) is 19.4 Å². The Kier molecular flexibility index (Phi) is 6.10. The summed E-state index contributed by atoms with van der Waals surface area (Å²) in [6.07, 6.45) is 1.04. The third kappa shape index (κ3) is 4.93. The van der Waals surface area contributed by atoms with Gasteiger partial charge in [0, 0.05) is 13.0 Å². The lowest BCUT2D eigenvalue weighted by Crippen LogP contribution is -2.22. The van der Waals surface area contributed by atoms with E-state index in [1.165, 1.54) is 0 Å². The molecule has 2 aromatic carbocycles. The van der Waals surface area contributed by atoms with Crippen LogP contribution in [0.1, 0.15) is 17.5 Å². The number of aryl methyl sites for hydroxylation is 1. The summed E-state index contributed by atoms with van der Waals surface area (Å²) in [6.45, 7) is 0.504. The van der Waals surface area contributed by atoms with Gasteiger partial charge in [-0.3, -0.25) is 4.79 Å². The van der Waals surface area contributed by atoms with E-state index >= 15 is 0 Å². The summed E-state index contributed by atoms with van der Waals surface area (Å²) < 4.78 is 5.09. The molecule has 0 saturated carbocycles. The molecule has 0 saturated heterocycles. The zero-order valence-electron chi connectivity index (χ0n) is 12.2. The second kappa shape index (κ2) is 8.06. The summed E-state index contributed by atoms with van der Waals surface area (Å²) >= 11 is 11.8. The van der Waals surface area contributed by atoms with E-state index in [1.54, 1.807) is 19.2 Å². The summed E-state index contributed by atoms with van der Waals surface area (Å²) in [5.41, 5.74) is 2.03. The summed E-state index contributed by atoms with van der Waals surface area (Å²) in [5.74, 6) is 0.802. The normalized spacial score (nSPS) is 10.3. The van der Waals surface area contributed by atoms with Gasteiger partial charge in [-0.25, -0.2) is 0 Å². The Labute approximate surface area is 140 Å². The first-order valence-electron chi connectivity index (χ1n) is 6.92. The molecule has 0 spiro atoms. The Bertz CT molecular complexity index is 642. The molecule has 22 heavy (non-hydrogen) atoms.